The van der Waals surface area contributed by atoms with E-state index < -0.39 is 0 Å². The minimum atomic E-state index is -0.189. The first-order valence-corrected chi connectivity index (χ1v) is 10.5. The molecule has 1 aliphatic heterocycles. The molecule has 2 amide bonds. The van der Waals surface area contributed by atoms with Crippen molar-refractivity contribution in [2.24, 2.45) is 0 Å². The monoisotopic (exact) mass is 417 g/mol. The normalized spacial score (nSPS) is 14.0. The molecule has 6 nitrogen and oxygen atoms in total. The van der Waals surface area contributed by atoms with Crippen LogP contribution in [0.4, 0.5) is 0 Å². The lowest BCUT2D eigenvalue weighted by molar-refractivity contribution is -0.135. The van der Waals surface area contributed by atoms with Gasteiger partial charge in [-0.3, -0.25) is 9.59 Å². The van der Waals surface area contributed by atoms with E-state index in [-0.39, 0.29) is 18.4 Å². The van der Waals surface area contributed by atoms with Crippen molar-refractivity contribution in [2.45, 2.75) is 13.8 Å². The maximum atomic E-state index is 13.4. The van der Waals surface area contributed by atoms with Crippen LogP contribution in [0.5, 0.6) is 0 Å². The summed E-state index contributed by atoms with van der Waals surface area (Å²) in [6.07, 6.45) is 0. The fourth-order valence-corrected chi connectivity index (χ4v) is 3.98. The average molecular weight is 418 g/mol. The number of pyridine rings is 1. The maximum absolute atomic E-state index is 13.4. The minimum Gasteiger partial charge on any atom is -0.378 e. The summed E-state index contributed by atoms with van der Waals surface area (Å²) in [6, 6.07) is 15.7. The molecule has 3 aromatic rings. The van der Waals surface area contributed by atoms with Crippen LogP contribution in [0.15, 0.2) is 48.5 Å². The Labute approximate surface area is 182 Å². The van der Waals surface area contributed by atoms with Gasteiger partial charge in [-0.1, -0.05) is 42.0 Å². The second-order valence-corrected chi connectivity index (χ2v) is 8.04. The zero-order chi connectivity index (χ0) is 22.0. The summed E-state index contributed by atoms with van der Waals surface area (Å²) in [5.74, 6) is -0.252. The molecule has 2 aromatic carbocycles. The van der Waals surface area contributed by atoms with Crippen LogP contribution in [0.25, 0.3) is 22.2 Å². The third-order valence-electron chi connectivity index (χ3n) is 5.69. The molecule has 1 fully saturated rings. The van der Waals surface area contributed by atoms with Crippen LogP contribution in [0, 0.1) is 13.8 Å². The highest BCUT2D eigenvalue weighted by atomic mass is 16.5. The van der Waals surface area contributed by atoms with Gasteiger partial charge in [0.2, 0.25) is 5.91 Å². The quantitative estimate of drug-likeness (QED) is 0.652. The number of benzene rings is 2. The molecule has 0 N–H and O–H groups in total. The maximum Gasteiger partial charge on any atom is 0.254 e. The number of fused-ring (bicyclic) bond motifs is 1. The van der Waals surface area contributed by atoms with Gasteiger partial charge in [-0.15, -0.1) is 0 Å². The van der Waals surface area contributed by atoms with E-state index in [0.717, 1.165) is 27.7 Å². The first-order chi connectivity index (χ1) is 14.9. The summed E-state index contributed by atoms with van der Waals surface area (Å²) < 4.78 is 5.31. The Morgan fingerprint density at radius 2 is 1.81 bits per heavy atom. The van der Waals surface area contributed by atoms with Gasteiger partial charge >= 0.3 is 0 Å². The molecule has 1 aromatic heterocycles. The van der Waals surface area contributed by atoms with Gasteiger partial charge in [-0.05, 0) is 31.5 Å². The highest BCUT2D eigenvalue weighted by molar-refractivity contribution is 6.08. The SMILES string of the molecule is Cc1ccc(-c2cc(C(=O)N(C)CC(=O)N3CCOCC3)c3ccccc3n2)c(C)c1. The van der Waals surface area contributed by atoms with Crippen LogP contribution < -0.4 is 0 Å². The third kappa shape index (κ3) is 4.44. The third-order valence-corrected chi connectivity index (χ3v) is 5.69. The number of amides is 2. The number of nitrogens with zero attached hydrogens (tertiary/aromatic N) is 3. The molecular formula is C25H27N3O3. The first kappa shape index (κ1) is 21.0. The summed E-state index contributed by atoms with van der Waals surface area (Å²) in [4.78, 5) is 34.1. The lowest BCUT2D eigenvalue weighted by Gasteiger charge is -2.29. The molecule has 4 rings (SSSR count). The van der Waals surface area contributed by atoms with Gasteiger partial charge in [-0.25, -0.2) is 4.98 Å². The zero-order valence-corrected chi connectivity index (χ0v) is 18.2. The van der Waals surface area contributed by atoms with E-state index in [2.05, 4.69) is 13.0 Å². The number of aromatic nitrogens is 1. The molecule has 2 heterocycles. The van der Waals surface area contributed by atoms with E-state index in [9.17, 15) is 9.59 Å². The summed E-state index contributed by atoms with van der Waals surface area (Å²) in [7, 11) is 1.67. The van der Waals surface area contributed by atoms with Crippen LogP contribution in [-0.4, -0.2) is 66.5 Å². The van der Waals surface area contributed by atoms with Gasteiger partial charge in [0.15, 0.2) is 0 Å². The predicted molar refractivity (Wildman–Crippen MR) is 121 cm³/mol. The molecule has 1 saturated heterocycles. The van der Waals surface area contributed by atoms with Crippen molar-refractivity contribution < 1.29 is 14.3 Å². The molecule has 0 saturated carbocycles. The number of carbonyl (C=O) groups excluding carboxylic acids is 2. The predicted octanol–water partition coefficient (Wildman–Crippen LogP) is 3.45. The second-order valence-electron chi connectivity index (χ2n) is 8.04. The molecule has 31 heavy (non-hydrogen) atoms. The fraction of sp³-hybridized carbons (Fsp3) is 0.320. The number of morpholine rings is 1. The molecule has 0 bridgehead atoms. The Morgan fingerprint density at radius 3 is 2.55 bits per heavy atom. The minimum absolute atomic E-state index is 0.0361. The number of hydrogen-bond donors (Lipinski definition) is 0. The van der Waals surface area contributed by atoms with Gasteiger partial charge in [0.1, 0.15) is 0 Å². The van der Waals surface area contributed by atoms with Crippen molar-refractivity contribution in [1.29, 1.82) is 0 Å². The molecule has 0 unspecified atom stereocenters. The van der Waals surface area contributed by atoms with Crippen molar-refractivity contribution in [3.05, 3.63) is 65.2 Å². The van der Waals surface area contributed by atoms with Crippen molar-refractivity contribution >= 4 is 22.7 Å². The Bertz CT molecular complexity index is 1140. The van der Waals surface area contributed by atoms with E-state index in [1.54, 1.807) is 11.9 Å². The highest BCUT2D eigenvalue weighted by Gasteiger charge is 2.23. The molecule has 0 spiro atoms. The topological polar surface area (TPSA) is 62.7 Å². The largest absolute Gasteiger partial charge is 0.378 e. The first-order valence-electron chi connectivity index (χ1n) is 10.5. The Morgan fingerprint density at radius 1 is 1.06 bits per heavy atom. The van der Waals surface area contributed by atoms with Gasteiger partial charge in [-0.2, -0.15) is 0 Å². The number of para-hydroxylation sites is 1. The van der Waals surface area contributed by atoms with Crippen LogP contribution in [-0.2, 0) is 9.53 Å². The lowest BCUT2D eigenvalue weighted by Crippen LogP contribution is -2.46. The number of rotatable bonds is 4. The number of ether oxygens (including phenoxy) is 1. The van der Waals surface area contributed by atoms with Crippen molar-refractivity contribution in [2.75, 3.05) is 39.9 Å². The number of hydrogen-bond acceptors (Lipinski definition) is 4. The van der Waals surface area contributed by atoms with E-state index >= 15 is 0 Å². The standard InChI is InChI=1S/C25H27N3O3/c1-17-8-9-19(18(2)14-17)23-15-21(20-6-4-5-7-22(20)26-23)25(30)27(3)16-24(29)28-10-12-31-13-11-28/h4-9,14-15H,10-13,16H2,1-3H3. The molecule has 0 aliphatic carbocycles. The smallest absolute Gasteiger partial charge is 0.254 e. The van der Waals surface area contributed by atoms with Gasteiger partial charge in [0.25, 0.3) is 5.91 Å². The van der Waals surface area contributed by atoms with E-state index in [4.69, 9.17) is 9.72 Å². The number of carbonyl (C=O) groups is 2. The van der Waals surface area contributed by atoms with Crippen molar-refractivity contribution in [3.63, 3.8) is 0 Å². The van der Waals surface area contributed by atoms with E-state index in [1.165, 1.54) is 10.5 Å². The Balaban J connectivity index is 1.68. The van der Waals surface area contributed by atoms with Crippen molar-refractivity contribution in [1.82, 2.24) is 14.8 Å². The van der Waals surface area contributed by atoms with E-state index in [1.807, 2.05) is 49.4 Å². The van der Waals surface area contributed by atoms with Crippen LogP contribution in [0.2, 0.25) is 0 Å². The van der Waals surface area contributed by atoms with Crippen LogP contribution in [0.3, 0.4) is 0 Å². The molecule has 160 valence electrons. The van der Waals surface area contributed by atoms with Crippen LogP contribution in [0.1, 0.15) is 21.5 Å². The molecular weight excluding hydrogens is 390 g/mol. The lowest BCUT2D eigenvalue weighted by atomic mass is 9.99. The highest BCUT2D eigenvalue weighted by Crippen LogP contribution is 2.28. The zero-order valence-electron chi connectivity index (χ0n) is 18.2. The fourth-order valence-electron chi connectivity index (χ4n) is 3.98. The number of likely N-dealkylation sites (N-methyl/N-ethyl adjacent to an activating group) is 1. The molecule has 1 aliphatic rings. The Hall–Kier alpha value is -3.25. The summed E-state index contributed by atoms with van der Waals surface area (Å²) >= 11 is 0. The van der Waals surface area contributed by atoms with Crippen LogP contribution >= 0.6 is 0 Å². The van der Waals surface area contributed by atoms with Gasteiger partial charge in [0.05, 0.1) is 36.5 Å². The van der Waals surface area contributed by atoms with Gasteiger partial charge < -0.3 is 14.5 Å². The summed E-state index contributed by atoms with van der Waals surface area (Å²) in [5.41, 5.74) is 5.36. The summed E-state index contributed by atoms with van der Waals surface area (Å²) in [6.45, 7) is 6.35. The van der Waals surface area contributed by atoms with E-state index in [0.29, 0.717) is 31.9 Å². The van der Waals surface area contributed by atoms with Gasteiger partial charge in [0, 0.05) is 31.1 Å². The molecule has 6 heteroatoms. The molecule has 0 atom stereocenters. The molecule has 0 radical (unpaired) electrons. The van der Waals surface area contributed by atoms with Crippen molar-refractivity contribution in [3.8, 4) is 11.3 Å². The second kappa shape index (κ2) is 8.86. The number of aryl methyl sites for hydroxylation is 2. The average Bonchev–Trinajstić information content (AvgIpc) is 2.78. The summed E-state index contributed by atoms with van der Waals surface area (Å²) in [5, 5.41) is 0.784. The Kier molecular flexibility index (Phi) is 6.00.